The number of rotatable bonds is 8. The molecule has 0 bridgehead atoms. The van der Waals surface area contributed by atoms with Gasteiger partial charge in [-0.2, -0.15) is 0 Å². The lowest BCUT2D eigenvalue weighted by molar-refractivity contribution is 0.234. The molecule has 1 aliphatic carbocycles. The molecule has 0 saturated heterocycles. The van der Waals surface area contributed by atoms with Crippen molar-refractivity contribution in [2.45, 2.75) is 23.9 Å². The quantitative estimate of drug-likeness (QED) is 0.103. The molecule has 4 N–H and O–H groups in total. The molecule has 0 unspecified atom stereocenters. The number of thioether (sulfide) groups is 1. The van der Waals surface area contributed by atoms with E-state index in [4.69, 9.17) is 12.5 Å². The molecule has 31 heavy (non-hydrogen) atoms. The fourth-order valence-electron chi connectivity index (χ4n) is 2.28. The van der Waals surface area contributed by atoms with Crippen molar-refractivity contribution in [1.82, 2.24) is 25.8 Å². The van der Waals surface area contributed by atoms with Crippen molar-refractivity contribution in [3.05, 3.63) is 29.7 Å². The first-order valence-electron chi connectivity index (χ1n) is 9.03. The fourth-order valence-corrected chi connectivity index (χ4v) is 3.49. The zero-order valence-electron chi connectivity index (χ0n) is 16.4. The second kappa shape index (κ2) is 10.1. The molecule has 0 atom stereocenters. The third-order valence-corrected chi connectivity index (χ3v) is 5.30. The molecule has 1 fully saturated rings. The Hall–Kier alpha value is -2.65. The van der Waals surface area contributed by atoms with Crippen LogP contribution in [-0.4, -0.2) is 68.2 Å². The SMILES string of the molecule is [B]c1cc(N=C(NO)c2nonc2SCCN=C(NC2CC2)NS(C)(=O)=O)ccc1F. The molecular formula is C16H19BFN7O4S2. The van der Waals surface area contributed by atoms with E-state index in [1.54, 1.807) is 0 Å². The predicted molar refractivity (Wildman–Crippen MR) is 114 cm³/mol. The monoisotopic (exact) mass is 467 g/mol. The maximum absolute atomic E-state index is 13.3. The van der Waals surface area contributed by atoms with Crippen molar-refractivity contribution in [1.29, 1.82) is 0 Å². The molecule has 1 saturated carbocycles. The van der Waals surface area contributed by atoms with Crippen LogP contribution in [0.2, 0.25) is 0 Å². The van der Waals surface area contributed by atoms with Crippen molar-refractivity contribution in [2.24, 2.45) is 9.98 Å². The summed E-state index contributed by atoms with van der Waals surface area (Å²) in [6.45, 7) is 0.266. The predicted octanol–water partition coefficient (Wildman–Crippen LogP) is -0.191. The van der Waals surface area contributed by atoms with Crippen molar-refractivity contribution >= 4 is 52.6 Å². The summed E-state index contributed by atoms with van der Waals surface area (Å²) < 4.78 is 43.3. The van der Waals surface area contributed by atoms with Gasteiger partial charge in [-0.05, 0) is 41.4 Å². The summed E-state index contributed by atoms with van der Waals surface area (Å²) in [5.74, 6) is -0.0614. The largest absolute Gasteiger partial charge is 0.353 e. The number of sulfonamides is 1. The van der Waals surface area contributed by atoms with Gasteiger partial charge in [0.05, 0.1) is 18.5 Å². The van der Waals surface area contributed by atoms with E-state index in [-0.39, 0.29) is 41.2 Å². The first-order chi connectivity index (χ1) is 14.7. The van der Waals surface area contributed by atoms with Crippen molar-refractivity contribution in [3.8, 4) is 0 Å². The zero-order chi connectivity index (χ0) is 22.4. The van der Waals surface area contributed by atoms with Crippen LogP contribution in [-0.2, 0) is 10.0 Å². The molecule has 1 aromatic heterocycles. The Kier molecular flexibility index (Phi) is 7.51. The number of hydroxylamine groups is 1. The zero-order valence-corrected chi connectivity index (χ0v) is 18.0. The lowest BCUT2D eigenvalue weighted by Gasteiger charge is -2.10. The van der Waals surface area contributed by atoms with Crippen LogP contribution in [0, 0.1) is 5.82 Å². The van der Waals surface area contributed by atoms with Crippen molar-refractivity contribution in [2.75, 3.05) is 18.6 Å². The highest BCUT2D eigenvalue weighted by Crippen LogP contribution is 2.21. The maximum Gasteiger partial charge on any atom is 0.232 e. The van der Waals surface area contributed by atoms with Gasteiger partial charge >= 0.3 is 0 Å². The number of hydrogen-bond donors (Lipinski definition) is 4. The van der Waals surface area contributed by atoms with Crippen molar-refractivity contribution in [3.63, 3.8) is 0 Å². The molecule has 1 aliphatic rings. The summed E-state index contributed by atoms with van der Waals surface area (Å²) in [6, 6.07) is 4.05. The van der Waals surface area contributed by atoms with Crippen LogP contribution in [0.4, 0.5) is 10.1 Å². The standard InChI is InChI=1S/C16H19BFN7O4S2/c1-31(27,28)25-16(21-9-2-3-9)19-6-7-30-15-13(23-29-24-15)14(22-26)20-10-4-5-12(18)11(17)8-10/h4-5,8-9,26H,2-3,6-7H2,1H3,(H,20,22)(H2,19,21,25). The van der Waals surface area contributed by atoms with Gasteiger partial charge in [0.25, 0.3) is 0 Å². The van der Waals surface area contributed by atoms with E-state index in [0.29, 0.717) is 10.8 Å². The smallest absolute Gasteiger partial charge is 0.232 e. The molecular weight excluding hydrogens is 448 g/mol. The number of aliphatic imine (C=N–C) groups is 2. The third-order valence-electron chi connectivity index (χ3n) is 3.81. The Bertz CT molecular complexity index is 1090. The normalized spacial score (nSPS) is 15.1. The number of guanidine groups is 1. The molecule has 1 aromatic carbocycles. The number of amidine groups is 1. The van der Waals surface area contributed by atoms with E-state index in [0.717, 1.165) is 25.2 Å². The lowest BCUT2D eigenvalue weighted by atomic mass is 9.95. The van der Waals surface area contributed by atoms with Crippen LogP contribution in [0.15, 0.2) is 37.8 Å². The Morgan fingerprint density at radius 1 is 1.42 bits per heavy atom. The van der Waals surface area contributed by atoms with Gasteiger partial charge in [-0.1, -0.05) is 17.2 Å². The molecule has 3 rings (SSSR count). The van der Waals surface area contributed by atoms with Gasteiger partial charge in [-0.3, -0.25) is 20.4 Å². The number of halogens is 1. The molecule has 11 nitrogen and oxygen atoms in total. The first kappa shape index (κ1) is 23.0. The molecule has 2 radical (unpaired) electrons. The summed E-state index contributed by atoms with van der Waals surface area (Å²) in [7, 11) is 2.08. The molecule has 15 heteroatoms. The van der Waals surface area contributed by atoms with E-state index in [9.17, 15) is 18.0 Å². The Labute approximate surface area is 183 Å². The fraction of sp³-hybridized carbons (Fsp3) is 0.375. The van der Waals surface area contributed by atoms with Gasteiger partial charge in [0.1, 0.15) is 13.7 Å². The van der Waals surface area contributed by atoms with E-state index in [1.807, 2.05) is 5.48 Å². The van der Waals surface area contributed by atoms with E-state index < -0.39 is 15.8 Å². The van der Waals surface area contributed by atoms with Gasteiger partial charge in [-0.25, -0.2) is 22.4 Å². The van der Waals surface area contributed by atoms with E-state index >= 15 is 0 Å². The van der Waals surface area contributed by atoms with Crippen molar-refractivity contribution < 1.29 is 22.6 Å². The first-order valence-corrected chi connectivity index (χ1v) is 11.9. The maximum atomic E-state index is 13.3. The van der Waals surface area contributed by atoms with E-state index in [2.05, 4.69) is 30.3 Å². The highest BCUT2D eigenvalue weighted by atomic mass is 32.2. The summed E-state index contributed by atoms with van der Waals surface area (Å²) in [4.78, 5) is 8.38. The number of nitrogens with zero attached hydrogens (tertiary/aromatic N) is 4. The number of hydrogen-bond acceptors (Lipinski definition) is 9. The van der Waals surface area contributed by atoms with Gasteiger partial charge in [0.2, 0.25) is 16.0 Å². The second-order valence-electron chi connectivity index (χ2n) is 6.57. The Morgan fingerprint density at radius 3 is 2.84 bits per heavy atom. The average molecular weight is 467 g/mol. The minimum atomic E-state index is -3.45. The minimum Gasteiger partial charge on any atom is -0.353 e. The van der Waals surface area contributed by atoms with Crippen LogP contribution < -0.4 is 21.0 Å². The summed E-state index contributed by atoms with van der Waals surface area (Å²) in [6.07, 6.45) is 2.98. The second-order valence-corrected chi connectivity index (χ2v) is 9.40. The summed E-state index contributed by atoms with van der Waals surface area (Å²) in [5, 5.41) is 20.3. The Balaban J connectivity index is 1.66. The summed E-state index contributed by atoms with van der Waals surface area (Å²) >= 11 is 1.21. The topological polar surface area (TPSA) is 154 Å². The molecule has 1 heterocycles. The average Bonchev–Trinajstić information content (AvgIpc) is 3.39. The highest BCUT2D eigenvalue weighted by molar-refractivity contribution is 7.99. The van der Waals surface area contributed by atoms with Crippen LogP contribution in [0.5, 0.6) is 0 Å². The molecule has 164 valence electrons. The molecule has 0 spiro atoms. The van der Waals surface area contributed by atoms with Gasteiger partial charge in [-0.15, -0.1) is 0 Å². The minimum absolute atomic E-state index is 0.0758. The number of aromatic nitrogens is 2. The molecule has 0 aliphatic heterocycles. The van der Waals surface area contributed by atoms with Gasteiger partial charge in [0, 0.05) is 11.8 Å². The van der Waals surface area contributed by atoms with Crippen LogP contribution in [0.1, 0.15) is 18.5 Å². The van der Waals surface area contributed by atoms with E-state index in [1.165, 1.54) is 23.9 Å². The van der Waals surface area contributed by atoms with Crippen LogP contribution in [0.25, 0.3) is 0 Å². The van der Waals surface area contributed by atoms with Gasteiger partial charge in [0.15, 0.2) is 16.6 Å². The van der Waals surface area contributed by atoms with Crippen LogP contribution in [0.3, 0.4) is 0 Å². The highest BCUT2D eigenvalue weighted by Gasteiger charge is 2.23. The number of nitrogens with one attached hydrogen (secondary N) is 3. The molecule has 2 aromatic rings. The summed E-state index contributed by atoms with van der Waals surface area (Å²) in [5.41, 5.74) is 2.23. The third kappa shape index (κ3) is 7.22. The Morgan fingerprint density at radius 2 is 2.19 bits per heavy atom. The van der Waals surface area contributed by atoms with Gasteiger partial charge < -0.3 is 5.32 Å². The molecule has 0 amide bonds. The van der Waals surface area contributed by atoms with Crippen LogP contribution >= 0.6 is 11.8 Å². The number of benzene rings is 1. The lowest BCUT2D eigenvalue weighted by Crippen LogP contribution is -2.41.